The van der Waals surface area contributed by atoms with Gasteiger partial charge in [0, 0.05) is 36.7 Å². The van der Waals surface area contributed by atoms with Gasteiger partial charge in [-0.2, -0.15) is 0 Å². The van der Waals surface area contributed by atoms with Crippen LogP contribution in [0, 0.1) is 18.8 Å². The minimum Gasteiger partial charge on any atom is -0.351 e. The maximum Gasteiger partial charge on any atom is 0.251 e. The quantitative estimate of drug-likeness (QED) is 0.782. The number of hydrogen-bond donors (Lipinski definition) is 2. The molecule has 3 aliphatic rings. The number of hydrogen-bond acceptors (Lipinski definition) is 3. The van der Waals surface area contributed by atoms with Gasteiger partial charge in [-0.1, -0.05) is 31.0 Å². The molecule has 0 radical (unpaired) electrons. The van der Waals surface area contributed by atoms with E-state index in [4.69, 9.17) is 0 Å². The van der Waals surface area contributed by atoms with Crippen LogP contribution in [0.3, 0.4) is 0 Å². The second-order valence-electron chi connectivity index (χ2n) is 9.19. The van der Waals surface area contributed by atoms with E-state index in [1.54, 1.807) is 0 Å². The third kappa shape index (κ3) is 4.85. The van der Waals surface area contributed by atoms with Gasteiger partial charge in [-0.25, -0.2) is 0 Å². The maximum atomic E-state index is 13.0. The molecule has 0 aromatic heterocycles. The molecular formula is C24H33N3O3. The third-order valence-electron chi connectivity index (χ3n) is 6.83. The number of carbonyl (C=O) groups excluding carboxylic acids is 3. The first-order chi connectivity index (χ1) is 14.5. The van der Waals surface area contributed by atoms with E-state index in [1.165, 1.54) is 0 Å². The lowest BCUT2D eigenvalue weighted by molar-refractivity contribution is -0.137. The Kier molecular flexibility index (Phi) is 6.40. The van der Waals surface area contributed by atoms with Crippen LogP contribution in [0.5, 0.6) is 0 Å². The van der Waals surface area contributed by atoms with Crippen LogP contribution in [0.15, 0.2) is 24.3 Å². The van der Waals surface area contributed by atoms with Gasteiger partial charge < -0.3 is 15.5 Å². The lowest BCUT2D eigenvalue weighted by atomic mass is 9.88. The zero-order valence-corrected chi connectivity index (χ0v) is 17.9. The first-order valence-electron chi connectivity index (χ1n) is 11.5. The zero-order valence-electron chi connectivity index (χ0n) is 17.9. The topological polar surface area (TPSA) is 78.5 Å². The second kappa shape index (κ2) is 9.19. The standard InChI is InChI=1S/C24H33N3O3/c1-16-7-2-3-9-19(16)23(29)26-21-11-5-4-10-20(21)25-22(28)18-8-6-14-27(15-18)24(30)17-12-13-17/h2-3,7,9,17-18,20-21H,4-6,8,10-15H2,1H3,(H,25,28)(H,26,29)/t18?,20?,21-/m1/s1. The normalized spacial score (nSPS) is 26.7. The molecule has 6 heteroatoms. The van der Waals surface area contributed by atoms with E-state index in [0.29, 0.717) is 12.1 Å². The Morgan fingerprint density at radius 1 is 0.867 bits per heavy atom. The summed E-state index contributed by atoms with van der Waals surface area (Å²) < 4.78 is 0. The van der Waals surface area contributed by atoms with Crippen LogP contribution < -0.4 is 10.6 Å². The van der Waals surface area contributed by atoms with Crippen molar-refractivity contribution in [1.29, 1.82) is 0 Å². The smallest absolute Gasteiger partial charge is 0.251 e. The van der Waals surface area contributed by atoms with E-state index in [-0.39, 0.29) is 41.6 Å². The van der Waals surface area contributed by atoms with E-state index < -0.39 is 0 Å². The largest absolute Gasteiger partial charge is 0.351 e. The van der Waals surface area contributed by atoms with Crippen LogP contribution in [-0.2, 0) is 9.59 Å². The molecule has 0 bridgehead atoms. The summed E-state index contributed by atoms with van der Waals surface area (Å²) in [7, 11) is 0. The van der Waals surface area contributed by atoms with E-state index in [9.17, 15) is 14.4 Å². The van der Waals surface area contributed by atoms with E-state index in [1.807, 2.05) is 36.1 Å². The Hall–Kier alpha value is -2.37. The van der Waals surface area contributed by atoms with E-state index in [0.717, 1.165) is 63.5 Å². The van der Waals surface area contributed by atoms with Crippen molar-refractivity contribution in [2.45, 2.75) is 70.4 Å². The molecule has 1 saturated heterocycles. The van der Waals surface area contributed by atoms with Crippen LogP contribution >= 0.6 is 0 Å². The minimum absolute atomic E-state index is 0.0327. The Morgan fingerprint density at radius 3 is 2.27 bits per heavy atom. The molecule has 3 amide bonds. The molecule has 1 aromatic rings. The molecule has 3 atom stereocenters. The van der Waals surface area contributed by atoms with E-state index >= 15 is 0 Å². The van der Waals surface area contributed by atoms with Crippen molar-refractivity contribution >= 4 is 17.7 Å². The number of aryl methyl sites for hydroxylation is 1. The molecule has 1 heterocycles. The molecule has 3 fully saturated rings. The summed E-state index contributed by atoms with van der Waals surface area (Å²) in [6.07, 6.45) is 7.56. The lowest BCUT2D eigenvalue weighted by Gasteiger charge is -2.36. The average Bonchev–Trinajstić information content (AvgIpc) is 3.60. The highest BCUT2D eigenvalue weighted by Crippen LogP contribution is 2.32. The van der Waals surface area contributed by atoms with Gasteiger partial charge in [0.2, 0.25) is 11.8 Å². The summed E-state index contributed by atoms with van der Waals surface area (Å²) in [5.74, 6) is 0.249. The van der Waals surface area contributed by atoms with E-state index in [2.05, 4.69) is 10.6 Å². The fourth-order valence-electron chi connectivity index (χ4n) is 4.83. The number of amides is 3. The number of piperidine rings is 1. The van der Waals surface area contributed by atoms with Crippen LogP contribution in [0.25, 0.3) is 0 Å². The Morgan fingerprint density at radius 2 is 1.57 bits per heavy atom. The maximum absolute atomic E-state index is 13.0. The molecule has 0 spiro atoms. The van der Waals surface area contributed by atoms with Gasteiger partial charge in [0.25, 0.3) is 5.91 Å². The summed E-state index contributed by atoms with van der Waals surface area (Å²) in [4.78, 5) is 40.1. The Balaban J connectivity index is 1.35. The van der Waals surface area contributed by atoms with Crippen molar-refractivity contribution in [3.8, 4) is 0 Å². The van der Waals surface area contributed by atoms with Gasteiger partial charge in [0.05, 0.1) is 5.92 Å². The highest BCUT2D eigenvalue weighted by molar-refractivity contribution is 5.95. The number of nitrogens with one attached hydrogen (secondary N) is 2. The number of likely N-dealkylation sites (tertiary alicyclic amines) is 1. The average molecular weight is 412 g/mol. The van der Waals surface area contributed by atoms with Crippen molar-refractivity contribution in [1.82, 2.24) is 15.5 Å². The SMILES string of the molecule is Cc1ccccc1C(=O)N[C@@H]1CCCCC1NC(=O)C1CCCN(C(=O)C2CC2)C1. The highest BCUT2D eigenvalue weighted by Gasteiger charge is 2.37. The van der Waals surface area contributed by atoms with Crippen molar-refractivity contribution in [2.24, 2.45) is 11.8 Å². The molecule has 2 unspecified atom stereocenters. The third-order valence-corrected chi connectivity index (χ3v) is 6.83. The molecule has 2 aliphatic carbocycles. The lowest BCUT2D eigenvalue weighted by Crippen LogP contribution is -2.55. The van der Waals surface area contributed by atoms with Gasteiger partial charge in [-0.3, -0.25) is 14.4 Å². The van der Waals surface area contributed by atoms with Gasteiger partial charge in [0.15, 0.2) is 0 Å². The molecule has 162 valence electrons. The van der Waals surface area contributed by atoms with Gasteiger partial charge in [0.1, 0.15) is 0 Å². The summed E-state index contributed by atoms with van der Waals surface area (Å²) in [5.41, 5.74) is 1.64. The summed E-state index contributed by atoms with van der Waals surface area (Å²) in [6.45, 7) is 3.25. The number of rotatable bonds is 5. The summed E-state index contributed by atoms with van der Waals surface area (Å²) >= 11 is 0. The first kappa shape index (κ1) is 20.9. The molecular weight excluding hydrogens is 378 g/mol. The molecule has 4 rings (SSSR count). The highest BCUT2D eigenvalue weighted by atomic mass is 16.2. The van der Waals surface area contributed by atoms with Gasteiger partial charge in [-0.05, 0) is 57.1 Å². The molecule has 30 heavy (non-hydrogen) atoms. The molecule has 2 saturated carbocycles. The predicted molar refractivity (Wildman–Crippen MR) is 115 cm³/mol. The fourth-order valence-corrected chi connectivity index (χ4v) is 4.83. The van der Waals surface area contributed by atoms with Crippen LogP contribution in [0.2, 0.25) is 0 Å². The number of nitrogens with zero attached hydrogens (tertiary/aromatic N) is 1. The predicted octanol–water partition coefficient (Wildman–Crippen LogP) is 2.80. The summed E-state index contributed by atoms with van der Waals surface area (Å²) in [5, 5.41) is 6.39. The van der Waals surface area contributed by atoms with Crippen LogP contribution in [0.1, 0.15) is 67.3 Å². The first-order valence-corrected chi connectivity index (χ1v) is 11.5. The second-order valence-corrected chi connectivity index (χ2v) is 9.19. The van der Waals surface area contributed by atoms with Crippen molar-refractivity contribution in [2.75, 3.05) is 13.1 Å². The number of benzene rings is 1. The zero-order chi connectivity index (χ0) is 21.1. The Labute approximate surface area is 178 Å². The molecule has 1 aliphatic heterocycles. The minimum atomic E-state index is -0.143. The molecule has 6 nitrogen and oxygen atoms in total. The monoisotopic (exact) mass is 411 g/mol. The Bertz CT molecular complexity index is 805. The van der Waals surface area contributed by atoms with Crippen LogP contribution in [0.4, 0.5) is 0 Å². The fraction of sp³-hybridized carbons (Fsp3) is 0.625. The summed E-state index contributed by atoms with van der Waals surface area (Å²) in [6, 6.07) is 7.48. The van der Waals surface area contributed by atoms with Gasteiger partial charge in [-0.15, -0.1) is 0 Å². The van der Waals surface area contributed by atoms with Gasteiger partial charge >= 0.3 is 0 Å². The number of carbonyl (C=O) groups is 3. The molecule has 2 N–H and O–H groups in total. The van der Waals surface area contributed by atoms with Crippen LogP contribution in [-0.4, -0.2) is 47.8 Å². The van der Waals surface area contributed by atoms with Crippen molar-refractivity contribution < 1.29 is 14.4 Å². The van der Waals surface area contributed by atoms with Crippen molar-refractivity contribution in [3.05, 3.63) is 35.4 Å². The molecule has 1 aromatic carbocycles. The van der Waals surface area contributed by atoms with Crippen molar-refractivity contribution in [3.63, 3.8) is 0 Å².